The predicted octanol–water partition coefficient (Wildman–Crippen LogP) is 0.0364. The topological polar surface area (TPSA) is 197 Å². The van der Waals surface area contributed by atoms with E-state index in [9.17, 15) is 24.7 Å². The van der Waals surface area contributed by atoms with Crippen molar-refractivity contribution < 1.29 is 24.7 Å². The molecule has 13 nitrogen and oxygen atoms in total. The summed E-state index contributed by atoms with van der Waals surface area (Å²) in [7, 11) is 0. The van der Waals surface area contributed by atoms with Crippen LogP contribution in [0.1, 0.15) is 24.5 Å². The van der Waals surface area contributed by atoms with Crippen LogP contribution in [0, 0.1) is 6.92 Å². The molecule has 2 atom stereocenters. The summed E-state index contributed by atoms with van der Waals surface area (Å²) in [6, 6.07) is -1.51. The summed E-state index contributed by atoms with van der Waals surface area (Å²) in [6.07, 6.45) is 0.817. The molecule has 0 bridgehead atoms. The number of carbonyl (C=O) groups excluding carboxylic acids is 2. The lowest BCUT2D eigenvalue weighted by atomic mass is 9.86. The van der Waals surface area contributed by atoms with E-state index in [1.54, 1.807) is 6.92 Å². The maximum absolute atomic E-state index is 12.7. The first kappa shape index (κ1) is 21.1. The van der Waals surface area contributed by atoms with E-state index < -0.39 is 35.6 Å². The van der Waals surface area contributed by atoms with Gasteiger partial charge in [0.25, 0.3) is 11.8 Å². The highest BCUT2D eigenvalue weighted by atomic mass is 32.2. The zero-order chi connectivity index (χ0) is 22.3. The Morgan fingerprint density at radius 3 is 2.68 bits per heavy atom. The number of nitrogens with two attached hydrogens (primary N) is 1. The molecule has 2 aliphatic rings. The number of oxime groups is 1. The number of β-lactam (4-membered cyclic amide) rings is 1. The molecule has 4 heterocycles. The Morgan fingerprint density at radius 2 is 2.10 bits per heavy atom. The zero-order valence-electron chi connectivity index (χ0n) is 15.7. The van der Waals surface area contributed by atoms with Gasteiger partial charge in [-0.15, -0.1) is 0 Å². The van der Waals surface area contributed by atoms with E-state index >= 15 is 0 Å². The van der Waals surface area contributed by atoms with Crippen molar-refractivity contribution in [2.45, 2.75) is 36.2 Å². The molecule has 2 aromatic rings. The van der Waals surface area contributed by atoms with Gasteiger partial charge in [0.05, 0.1) is 6.04 Å². The molecule has 2 aromatic heterocycles. The Morgan fingerprint density at radius 1 is 1.32 bits per heavy atom. The third kappa shape index (κ3) is 3.84. The van der Waals surface area contributed by atoms with E-state index in [1.165, 1.54) is 16.7 Å². The number of rotatable bonds is 6. The molecule has 2 unspecified atom stereocenters. The fourth-order valence-corrected chi connectivity index (χ4v) is 5.60. The Bertz CT molecular complexity index is 1140. The van der Waals surface area contributed by atoms with Gasteiger partial charge in [-0.2, -0.15) is 13.7 Å². The molecular formula is C15H14N8O5S3. The van der Waals surface area contributed by atoms with Crippen LogP contribution in [0.4, 0.5) is 5.13 Å². The molecule has 162 valence electrons. The lowest BCUT2D eigenvalue weighted by Gasteiger charge is -2.49. The number of amides is 2. The molecule has 16 heteroatoms. The molecule has 4 rings (SSSR count). The van der Waals surface area contributed by atoms with Crippen LogP contribution in [0.25, 0.3) is 0 Å². The molecule has 5 N–H and O–H groups in total. The number of allylic oxidation sites excluding steroid dienone is 1. The summed E-state index contributed by atoms with van der Waals surface area (Å²) in [5, 5.41) is 24.3. The van der Waals surface area contributed by atoms with E-state index in [4.69, 9.17) is 5.73 Å². The van der Waals surface area contributed by atoms with Gasteiger partial charge in [-0.25, -0.2) is 9.78 Å². The quantitative estimate of drug-likeness (QED) is 0.188. The van der Waals surface area contributed by atoms with Gasteiger partial charge in [0.15, 0.2) is 9.47 Å². The van der Waals surface area contributed by atoms with E-state index in [0.717, 1.165) is 23.1 Å². The number of carbonyl (C=O) groups is 3. The van der Waals surface area contributed by atoms with Crippen LogP contribution in [0.5, 0.6) is 0 Å². The summed E-state index contributed by atoms with van der Waals surface area (Å²) in [4.78, 5) is 46.8. The van der Waals surface area contributed by atoms with Crippen LogP contribution in [-0.4, -0.2) is 69.5 Å². The Hall–Kier alpha value is -3.11. The number of carboxylic acids is 1. The fraction of sp³-hybridized carbons (Fsp3) is 0.333. The molecule has 31 heavy (non-hydrogen) atoms. The number of thioether (sulfide) groups is 1. The highest BCUT2D eigenvalue weighted by molar-refractivity contribution is 8.04. The SMILES string of the molecule is Cc1nsc(SC2=C(C(=O)O)N3C(=O)C(NC(=O)/C(=N\O)c4nsc(N)n4)C3CC2)n1. The van der Waals surface area contributed by atoms with Gasteiger partial charge in [0.1, 0.15) is 17.6 Å². The van der Waals surface area contributed by atoms with Gasteiger partial charge in [0.2, 0.25) is 11.5 Å². The first-order valence-corrected chi connectivity index (χ1v) is 11.1. The van der Waals surface area contributed by atoms with Crippen molar-refractivity contribution in [1.82, 2.24) is 28.9 Å². The molecule has 0 aliphatic carbocycles. The highest BCUT2D eigenvalue weighted by Gasteiger charge is 2.54. The lowest BCUT2D eigenvalue weighted by molar-refractivity contribution is -0.155. The van der Waals surface area contributed by atoms with Gasteiger partial charge < -0.3 is 21.4 Å². The van der Waals surface area contributed by atoms with Crippen LogP contribution in [0.15, 0.2) is 20.1 Å². The monoisotopic (exact) mass is 482 g/mol. The average Bonchev–Trinajstić information content (AvgIpc) is 3.34. The largest absolute Gasteiger partial charge is 0.477 e. The number of aliphatic carboxylic acids is 1. The summed E-state index contributed by atoms with van der Waals surface area (Å²) >= 11 is 3.14. The number of nitrogens with zero attached hydrogens (tertiary/aromatic N) is 6. The minimum Gasteiger partial charge on any atom is -0.477 e. The Kier molecular flexibility index (Phi) is 5.59. The zero-order valence-corrected chi connectivity index (χ0v) is 18.1. The van der Waals surface area contributed by atoms with Crippen LogP contribution < -0.4 is 11.1 Å². The number of nitrogens with one attached hydrogen (secondary N) is 1. The van der Waals surface area contributed by atoms with Crippen LogP contribution in [0.3, 0.4) is 0 Å². The van der Waals surface area contributed by atoms with Crippen molar-refractivity contribution in [2.24, 2.45) is 5.16 Å². The third-order valence-corrected chi connectivity index (χ3v) is 7.10. The summed E-state index contributed by atoms with van der Waals surface area (Å²) < 4.78 is 8.47. The van der Waals surface area contributed by atoms with E-state index in [2.05, 4.69) is 29.2 Å². The number of aryl methyl sites for hydroxylation is 1. The number of anilines is 1. The van der Waals surface area contributed by atoms with Gasteiger partial charge in [-0.05, 0) is 31.3 Å². The standard InChI is InChI=1S/C15H14N8O5S3/c1-4-17-15(31-21-4)29-6-3-2-5-7(12(25)23(5)9(6)13(26)27)18-11(24)8(20-28)10-19-14(16)30-22-10/h5,7,28H,2-3H2,1H3,(H,18,24)(H,26,27)(H2,16,19,22)/b20-8-. The van der Waals surface area contributed by atoms with Gasteiger partial charge >= 0.3 is 5.97 Å². The molecule has 0 saturated carbocycles. The average molecular weight is 483 g/mol. The Labute approximate surface area is 186 Å². The number of nitrogen functional groups attached to an aromatic ring is 1. The minimum atomic E-state index is -1.24. The molecular weight excluding hydrogens is 468 g/mol. The second-order valence-electron chi connectivity index (χ2n) is 6.46. The second kappa shape index (κ2) is 8.20. The maximum atomic E-state index is 12.7. The van der Waals surface area contributed by atoms with Crippen LogP contribution in [-0.2, 0) is 14.4 Å². The van der Waals surface area contributed by atoms with Crippen molar-refractivity contribution in [1.29, 1.82) is 0 Å². The third-order valence-electron chi connectivity index (χ3n) is 4.57. The summed E-state index contributed by atoms with van der Waals surface area (Å²) in [5.41, 5.74) is 4.85. The van der Waals surface area contributed by atoms with E-state index in [-0.39, 0.29) is 16.7 Å². The maximum Gasteiger partial charge on any atom is 0.353 e. The lowest BCUT2D eigenvalue weighted by Crippen LogP contribution is -2.72. The summed E-state index contributed by atoms with van der Waals surface area (Å²) in [6.45, 7) is 1.73. The first-order chi connectivity index (χ1) is 14.8. The van der Waals surface area contributed by atoms with Crippen LogP contribution >= 0.6 is 34.8 Å². The van der Waals surface area contributed by atoms with Gasteiger partial charge in [0, 0.05) is 16.4 Å². The van der Waals surface area contributed by atoms with Gasteiger partial charge in [-0.3, -0.25) is 14.5 Å². The molecule has 0 spiro atoms. The fourth-order valence-electron chi connectivity index (χ4n) is 3.29. The summed E-state index contributed by atoms with van der Waals surface area (Å²) in [5.74, 6) is -2.29. The second-order valence-corrected chi connectivity index (χ2v) is 9.33. The predicted molar refractivity (Wildman–Crippen MR) is 110 cm³/mol. The highest BCUT2D eigenvalue weighted by Crippen LogP contribution is 2.43. The van der Waals surface area contributed by atoms with E-state index in [1.807, 2.05) is 0 Å². The van der Waals surface area contributed by atoms with Crippen molar-refractivity contribution in [2.75, 3.05) is 5.73 Å². The number of hydrogen-bond acceptors (Lipinski definition) is 13. The van der Waals surface area contributed by atoms with Gasteiger partial charge in [-0.1, -0.05) is 16.9 Å². The molecule has 2 amide bonds. The molecule has 0 radical (unpaired) electrons. The molecule has 2 aliphatic heterocycles. The number of fused-ring (bicyclic) bond motifs is 1. The smallest absolute Gasteiger partial charge is 0.353 e. The van der Waals surface area contributed by atoms with Crippen molar-refractivity contribution in [3.8, 4) is 0 Å². The van der Waals surface area contributed by atoms with Crippen LogP contribution in [0.2, 0.25) is 0 Å². The number of aromatic nitrogens is 4. The molecule has 0 aromatic carbocycles. The first-order valence-electron chi connectivity index (χ1n) is 8.70. The Balaban J connectivity index is 1.52. The minimum absolute atomic E-state index is 0.0778. The normalized spacial score (nSPS) is 21.0. The number of hydrogen-bond donors (Lipinski definition) is 4. The van der Waals surface area contributed by atoms with Crippen molar-refractivity contribution >= 4 is 63.5 Å². The number of carboxylic acid groups (broad SMARTS) is 1. The molecule has 1 fully saturated rings. The van der Waals surface area contributed by atoms with Crippen molar-refractivity contribution in [3.05, 3.63) is 22.3 Å². The molecule has 1 saturated heterocycles. The van der Waals surface area contributed by atoms with E-state index in [0.29, 0.717) is 27.9 Å². The van der Waals surface area contributed by atoms with Crippen molar-refractivity contribution in [3.63, 3.8) is 0 Å².